The Morgan fingerprint density at radius 2 is 1.69 bits per heavy atom. The lowest BCUT2D eigenvalue weighted by Gasteiger charge is -2.29. The Balaban J connectivity index is 1.30. The van der Waals surface area contributed by atoms with Crippen LogP contribution in [0.4, 0.5) is 13.2 Å². The molecule has 0 saturated heterocycles. The van der Waals surface area contributed by atoms with Gasteiger partial charge in [0.15, 0.2) is 11.6 Å². The Kier molecular flexibility index (Phi) is 9.07. The summed E-state index contributed by atoms with van der Waals surface area (Å²) in [6, 6.07) is 9.03. The van der Waals surface area contributed by atoms with Crippen molar-refractivity contribution in [3.05, 3.63) is 76.1 Å². The van der Waals surface area contributed by atoms with E-state index in [-0.39, 0.29) is 11.9 Å². The van der Waals surface area contributed by atoms with Crippen LogP contribution >= 0.6 is 0 Å². The third-order valence-electron chi connectivity index (χ3n) is 7.88. The molecule has 2 aliphatic rings. The molecular formula is C30H37F3O2. The highest BCUT2D eigenvalue weighted by Crippen LogP contribution is 2.38. The monoisotopic (exact) mass is 486 g/mol. The fraction of sp³-hybridized carbons (Fsp3) is 0.533. The molecule has 0 radical (unpaired) electrons. The van der Waals surface area contributed by atoms with Gasteiger partial charge in [-0.3, -0.25) is 0 Å². The smallest absolute Gasteiger partial charge is 0.166 e. The second-order valence-corrected chi connectivity index (χ2v) is 10.0. The molecule has 2 aromatic carbocycles. The summed E-state index contributed by atoms with van der Waals surface area (Å²) < 4.78 is 54.8. The molecular weight excluding hydrogens is 449 g/mol. The van der Waals surface area contributed by atoms with E-state index in [2.05, 4.69) is 0 Å². The predicted octanol–water partition coefficient (Wildman–Crippen LogP) is 8.13. The van der Waals surface area contributed by atoms with Crippen molar-refractivity contribution in [1.82, 2.24) is 0 Å². The topological polar surface area (TPSA) is 18.5 Å². The van der Waals surface area contributed by atoms with E-state index in [1.807, 2.05) is 25.1 Å². The molecule has 0 bridgehead atoms. The van der Waals surface area contributed by atoms with Crippen molar-refractivity contribution < 1.29 is 22.6 Å². The molecule has 5 heteroatoms. The van der Waals surface area contributed by atoms with E-state index >= 15 is 0 Å². The highest BCUT2D eigenvalue weighted by atomic mass is 19.2. The average molecular weight is 487 g/mol. The predicted molar refractivity (Wildman–Crippen MR) is 134 cm³/mol. The van der Waals surface area contributed by atoms with E-state index < -0.39 is 11.6 Å². The lowest BCUT2D eigenvalue weighted by atomic mass is 9.76. The molecule has 35 heavy (non-hydrogen) atoms. The summed E-state index contributed by atoms with van der Waals surface area (Å²) in [7, 11) is 1.69. The van der Waals surface area contributed by atoms with Crippen molar-refractivity contribution in [2.45, 2.75) is 83.3 Å². The van der Waals surface area contributed by atoms with E-state index in [0.29, 0.717) is 54.6 Å². The summed E-state index contributed by atoms with van der Waals surface area (Å²) >= 11 is 0. The molecule has 2 aromatic rings. The Morgan fingerprint density at radius 3 is 2.34 bits per heavy atom. The largest absolute Gasteiger partial charge is 0.381 e. The molecule has 4 rings (SSSR count). The number of allylic oxidation sites excluding steroid dienone is 1. The molecule has 0 aliphatic heterocycles. The van der Waals surface area contributed by atoms with Crippen LogP contribution in [-0.2, 0) is 22.5 Å². The maximum atomic E-state index is 14.9. The zero-order valence-electron chi connectivity index (χ0n) is 20.9. The van der Waals surface area contributed by atoms with Gasteiger partial charge in [-0.15, -0.1) is 0 Å². The van der Waals surface area contributed by atoms with Crippen LogP contribution in [0.25, 0.3) is 5.57 Å². The van der Waals surface area contributed by atoms with Gasteiger partial charge in [-0.05, 0) is 99.3 Å². The third kappa shape index (κ3) is 6.37. The molecule has 2 aliphatic carbocycles. The first-order valence-corrected chi connectivity index (χ1v) is 13.0. The van der Waals surface area contributed by atoms with Gasteiger partial charge in [0.25, 0.3) is 0 Å². The van der Waals surface area contributed by atoms with Gasteiger partial charge in [-0.25, -0.2) is 13.2 Å². The summed E-state index contributed by atoms with van der Waals surface area (Å²) in [5.41, 5.74) is 3.39. The summed E-state index contributed by atoms with van der Waals surface area (Å²) in [6.07, 6.45) is 9.88. The van der Waals surface area contributed by atoms with Gasteiger partial charge in [-0.2, -0.15) is 0 Å². The highest BCUT2D eigenvalue weighted by molar-refractivity contribution is 5.67. The van der Waals surface area contributed by atoms with E-state index in [0.717, 1.165) is 56.1 Å². The van der Waals surface area contributed by atoms with Gasteiger partial charge in [-0.1, -0.05) is 30.3 Å². The van der Waals surface area contributed by atoms with E-state index in [4.69, 9.17) is 9.47 Å². The van der Waals surface area contributed by atoms with Crippen LogP contribution in [-0.4, -0.2) is 19.8 Å². The fourth-order valence-electron chi connectivity index (χ4n) is 5.59. The molecule has 190 valence electrons. The van der Waals surface area contributed by atoms with Crippen LogP contribution in [0.5, 0.6) is 0 Å². The SMILES string of the molecule is CCOCc1ccc(C2CCC(CCc3ccc(C4=CCC(OC)CC4)c(F)c3F)CC2)cc1F. The number of aryl methyl sites for hydroxylation is 1. The summed E-state index contributed by atoms with van der Waals surface area (Å²) in [5, 5.41) is 0. The third-order valence-corrected chi connectivity index (χ3v) is 7.88. The molecule has 0 aromatic heterocycles. The average Bonchev–Trinajstić information content (AvgIpc) is 2.89. The van der Waals surface area contributed by atoms with Gasteiger partial charge < -0.3 is 9.47 Å². The Labute approximate surface area is 207 Å². The number of hydrogen-bond donors (Lipinski definition) is 0. The van der Waals surface area contributed by atoms with Crippen LogP contribution in [0.15, 0.2) is 36.4 Å². The molecule has 1 unspecified atom stereocenters. The van der Waals surface area contributed by atoms with Crippen LogP contribution < -0.4 is 0 Å². The number of methoxy groups -OCH3 is 1. The molecule has 0 spiro atoms. The van der Waals surface area contributed by atoms with Gasteiger partial charge in [0.2, 0.25) is 0 Å². The van der Waals surface area contributed by atoms with Crippen LogP contribution in [0.2, 0.25) is 0 Å². The molecule has 1 fully saturated rings. The van der Waals surface area contributed by atoms with E-state index in [9.17, 15) is 13.2 Å². The minimum Gasteiger partial charge on any atom is -0.381 e. The maximum Gasteiger partial charge on any atom is 0.166 e. The minimum atomic E-state index is -0.719. The Morgan fingerprint density at radius 1 is 0.914 bits per heavy atom. The number of halogens is 3. The van der Waals surface area contributed by atoms with Crippen LogP contribution in [0, 0.1) is 23.4 Å². The van der Waals surface area contributed by atoms with Gasteiger partial charge in [0.1, 0.15) is 5.82 Å². The summed E-state index contributed by atoms with van der Waals surface area (Å²) in [6.45, 7) is 2.77. The second kappa shape index (κ2) is 12.2. The standard InChI is InChI=1S/C30H37F3O2/c1-3-35-19-25-11-10-24(18-28(25)31)21-7-4-20(5-8-21)6-9-23-14-17-27(30(33)29(23)32)22-12-15-26(34-2)16-13-22/h10-12,14,17-18,20-21,26H,3-9,13,15-16,19H2,1-2H3. The van der Waals surface area contributed by atoms with Crippen LogP contribution in [0.3, 0.4) is 0 Å². The van der Waals surface area contributed by atoms with E-state index in [1.165, 1.54) is 0 Å². The first kappa shape index (κ1) is 26.0. The van der Waals surface area contributed by atoms with E-state index in [1.54, 1.807) is 25.3 Å². The Bertz CT molecular complexity index is 1020. The second-order valence-electron chi connectivity index (χ2n) is 10.0. The lowest BCUT2D eigenvalue weighted by molar-refractivity contribution is 0.0964. The Hall–Kier alpha value is -2.11. The van der Waals surface area contributed by atoms with Gasteiger partial charge in [0.05, 0.1) is 12.7 Å². The van der Waals surface area contributed by atoms with Crippen LogP contribution in [0.1, 0.15) is 86.5 Å². The van der Waals surface area contributed by atoms with Crippen molar-refractivity contribution in [2.24, 2.45) is 5.92 Å². The van der Waals surface area contributed by atoms with Crippen molar-refractivity contribution >= 4 is 5.57 Å². The molecule has 2 nitrogen and oxygen atoms in total. The van der Waals surface area contributed by atoms with Crippen molar-refractivity contribution in [3.63, 3.8) is 0 Å². The maximum absolute atomic E-state index is 14.9. The molecule has 1 saturated carbocycles. The number of benzene rings is 2. The van der Waals surface area contributed by atoms with Crippen molar-refractivity contribution in [3.8, 4) is 0 Å². The van der Waals surface area contributed by atoms with Crippen molar-refractivity contribution in [1.29, 1.82) is 0 Å². The first-order valence-electron chi connectivity index (χ1n) is 13.0. The summed E-state index contributed by atoms with van der Waals surface area (Å²) in [5.74, 6) is -0.766. The fourth-order valence-corrected chi connectivity index (χ4v) is 5.59. The molecule has 0 amide bonds. The first-order chi connectivity index (χ1) is 17.0. The molecule has 0 heterocycles. The lowest BCUT2D eigenvalue weighted by Crippen LogP contribution is -2.15. The number of ether oxygens (including phenoxy) is 2. The zero-order valence-corrected chi connectivity index (χ0v) is 20.9. The summed E-state index contributed by atoms with van der Waals surface area (Å²) in [4.78, 5) is 0. The number of hydrogen-bond acceptors (Lipinski definition) is 2. The van der Waals surface area contributed by atoms with Crippen molar-refractivity contribution in [2.75, 3.05) is 13.7 Å². The highest BCUT2D eigenvalue weighted by Gasteiger charge is 2.24. The molecule has 0 N–H and O–H groups in total. The minimum absolute atomic E-state index is 0.166. The number of rotatable bonds is 9. The van der Waals surface area contributed by atoms with Gasteiger partial charge in [0, 0.05) is 24.8 Å². The molecule has 1 atom stereocenters. The normalized spacial score (nSPS) is 22.8. The zero-order chi connectivity index (χ0) is 24.8. The quantitative estimate of drug-likeness (QED) is 0.356. The van der Waals surface area contributed by atoms with Gasteiger partial charge >= 0.3 is 0 Å².